The van der Waals surface area contributed by atoms with Gasteiger partial charge in [0.2, 0.25) is 0 Å². The lowest BCUT2D eigenvalue weighted by molar-refractivity contribution is 0.419. The van der Waals surface area contributed by atoms with E-state index >= 15 is 0 Å². The predicted molar refractivity (Wildman–Crippen MR) is 118 cm³/mol. The number of methoxy groups -OCH3 is 1. The second kappa shape index (κ2) is 6.90. The molecule has 0 aliphatic rings. The van der Waals surface area contributed by atoms with Crippen molar-refractivity contribution in [3.63, 3.8) is 0 Å². The van der Waals surface area contributed by atoms with Crippen LogP contribution < -0.4 is 4.74 Å². The van der Waals surface area contributed by atoms with Gasteiger partial charge in [0.25, 0.3) is 0 Å². The summed E-state index contributed by atoms with van der Waals surface area (Å²) in [4.78, 5) is 4.70. The highest BCUT2D eigenvalue weighted by atomic mass is 35.5. The van der Waals surface area contributed by atoms with Crippen LogP contribution in [0.4, 0.5) is 0 Å². The summed E-state index contributed by atoms with van der Waals surface area (Å²) in [5.74, 6) is 0.730. The number of ether oxygens (including phenoxy) is 1. The zero-order chi connectivity index (χ0) is 20.0. The lowest BCUT2D eigenvalue weighted by Gasteiger charge is -2.09. The summed E-state index contributed by atoms with van der Waals surface area (Å²) in [5.41, 5.74) is 5.70. The number of rotatable bonds is 3. The second-order valence-electron chi connectivity index (χ2n) is 6.95. The molecular weight excluding hydrogens is 382 g/mol. The number of pyridine rings is 1. The molecule has 0 bridgehead atoms. The van der Waals surface area contributed by atoms with Crippen molar-refractivity contribution in [2.45, 2.75) is 6.92 Å². The Kier molecular flexibility index (Phi) is 4.22. The maximum atomic E-state index is 6.54. The van der Waals surface area contributed by atoms with Crippen LogP contribution in [0.5, 0.6) is 5.75 Å². The van der Waals surface area contributed by atoms with E-state index in [0.29, 0.717) is 5.02 Å². The topological polar surface area (TPSA) is 39.9 Å². The summed E-state index contributed by atoms with van der Waals surface area (Å²) < 4.78 is 7.45. The van der Waals surface area contributed by atoms with Crippen molar-refractivity contribution in [3.8, 4) is 22.7 Å². The monoisotopic (exact) mass is 399 g/mol. The molecule has 2 aromatic heterocycles. The molecule has 0 aliphatic carbocycles. The van der Waals surface area contributed by atoms with Crippen LogP contribution in [0.25, 0.3) is 38.8 Å². The van der Waals surface area contributed by atoms with E-state index in [2.05, 4.69) is 31.2 Å². The van der Waals surface area contributed by atoms with Gasteiger partial charge in [-0.15, -0.1) is 0 Å². The maximum Gasteiger partial charge on any atom is 0.145 e. The van der Waals surface area contributed by atoms with Crippen LogP contribution in [0.1, 0.15) is 5.56 Å². The van der Waals surface area contributed by atoms with Crippen molar-refractivity contribution in [1.29, 1.82) is 0 Å². The number of fused-ring (bicyclic) bond motifs is 3. The molecule has 0 fully saturated rings. The molecule has 0 atom stereocenters. The molecule has 5 heteroatoms. The molecular formula is C24H18ClN3O. The summed E-state index contributed by atoms with van der Waals surface area (Å²) in [5, 5.41) is 7.55. The first-order chi connectivity index (χ1) is 14.2. The van der Waals surface area contributed by atoms with Crippen molar-refractivity contribution in [2.75, 3.05) is 7.11 Å². The number of benzene rings is 3. The molecule has 0 saturated heterocycles. The third-order valence-corrected chi connectivity index (χ3v) is 5.44. The van der Waals surface area contributed by atoms with Gasteiger partial charge in [-0.2, -0.15) is 5.10 Å². The standard InChI is InChI=1S/C24H18ClN3O/c1-15-10-12-16(13-11-15)22-18-14-26-23-17(6-5-9-21(23)29-2)24(18)28(27-22)20-8-4-3-7-19(20)25/h3-14H,1-2H3. The zero-order valence-electron chi connectivity index (χ0n) is 16.1. The van der Waals surface area contributed by atoms with Crippen molar-refractivity contribution >= 4 is 33.4 Å². The Morgan fingerprint density at radius 3 is 2.45 bits per heavy atom. The fourth-order valence-electron chi connectivity index (χ4n) is 3.67. The van der Waals surface area contributed by atoms with E-state index in [0.717, 1.165) is 44.5 Å². The van der Waals surface area contributed by atoms with E-state index in [1.807, 2.05) is 53.3 Å². The molecule has 0 aliphatic heterocycles. The molecule has 0 saturated carbocycles. The molecule has 5 rings (SSSR count). The molecule has 2 heterocycles. The van der Waals surface area contributed by atoms with Crippen molar-refractivity contribution in [1.82, 2.24) is 14.8 Å². The Hall–Kier alpha value is -3.37. The van der Waals surface area contributed by atoms with E-state index in [1.54, 1.807) is 7.11 Å². The van der Waals surface area contributed by atoms with Crippen LogP contribution in [-0.2, 0) is 0 Å². The van der Waals surface area contributed by atoms with Gasteiger partial charge in [0.05, 0.1) is 23.3 Å². The average molecular weight is 400 g/mol. The maximum absolute atomic E-state index is 6.54. The third kappa shape index (κ3) is 2.84. The highest BCUT2D eigenvalue weighted by Gasteiger charge is 2.19. The van der Waals surface area contributed by atoms with Crippen LogP contribution in [0, 0.1) is 6.92 Å². The predicted octanol–water partition coefficient (Wildman–Crippen LogP) is 6.21. The lowest BCUT2D eigenvalue weighted by Crippen LogP contribution is -1.98. The summed E-state index contributed by atoms with van der Waals surface area (Å²) in [6.45, 7) is 2.07. The van der Waals surface area contributed by atoms with Gasteiger partial charge in [-0.3, -0.25) is 4.98 Å². The second-order valence-corrected chi connectivity index (χ2v) is 7.36. The molecule has 3 aromatic carbocycles. The molecule has 0 N–H and O–H groups in total. The Balaban J connectivity index is 1.93. The van der Waals surface area contributed by atoms with Gasteiger partial charge in [0.15, 0.2) is 0 Å². The van der Waals surface area contributed by atoms with Gasteiger partial charge in [-0.1, -0.05) is 65.7 Å². The molecule has 0 unspecified atom stereocenters. The average Bonchev–Trinajstić information content (AvgIpc) is 3.14. The van der Waals surface area contributed by atoms with E-state index < -0.39 is 0 Å². The lowest BCUT2D eigenvalue weighted by atomic mass is 10.1. The summed E-state index contributed by atoms with van der Waals surface area (Å²) in [6.07, 6.45) is 1.87. The van der Waals surface area contributed by atoms with Gasteiger partial charge >= 0.3 is 0 Å². The van der Waals surface area contributed by atoms with Gasteiger partial charge in [0.1, 0.15) is 17.0 Å². The molecule has 4 nitrogen and oxygen atoms in total. The molecule has 142 valence electrons. The van der Waals surface area contributed by atoms with E-state index in [-0.39, 0.29) is 0 Å². The Morgan fingerprint density at radius 1 is 0.897 bits per heavy atom. The highest BCUT2D eigenvalue weighted by Crippen LogP contribution is 2.37. The van der Waals surface area contributed by atoms with Crippen LogP contribution in [-0.4, -0.2) is 21.9 Å². The molecule has 0 spiro atoms. The molecule has 5 aromatic rings. The number of hydrogen-bond acceptors (Lipinski definition) is 3. The third-order valence-electron chi connectivity index (χ3n) is 5.12. The van der Waals surface area contributed by atoms with E-state index in [1.165, 1.54) is 5.56 Å². The van der Waals surface area contributed by atoms with Crippen LogP contribution in [0.2, 0.25) is 5.02 Å². The van der Waals surface area contributed by atoms with E-state index in [9.17, 15) is 0 Å². The number of aromatic nitrogens is 3. The van der Waals surface area contributed by atoms with Gasteiger partial charge in [-0.05, 0) is 25.1 Å². The fraction of sp³-hybridized carbons (Fsp3) is 0.0833. The van der Waals surface area contributed by atoms with Crippen LogP contribution in [0.15, 0.2) is 72.9 Å². The SMILES string of the molecule is COc1cccc2c1ncc1c(-c3ccc(C)cc3)nn(-c3ccccc3Cl)c12. The summed E-state index contributed by atoms with van der Waals surface area (Å²) in [6, 6.07) is 22.0. The largest absolute Gasteiger partial charge is 0.494 e. The normalized spacial score (nSPS) is 11.3. The van der Waals surface area contributed by atoms with Crippen molar-refractivity contribution in [2.24, 2.45) is 0 Å². The molecule has 29 heavy (non-hydrogen) atoms. The number of hydrogen-bond donors (Lipinski definition) is 0. The number of nitrogens with zero attached hydrogens (tertiary/aromatic N) is 3. The minimum atomic E-state index is 0.639. The Labute approximate surface area is 173 Å². The van der Waals surface area contributed by atoms with E-state index in [4.69, 9.17) is 26.4 Å². The van der Waals surface area contributed by atoms with Gasteiger partial charge in [-0.25, -0.2) is 4.68 Å². The summed E-state index contributed by atoms with van der Waals surface area (Å²) in [7, 11) is 1.66. The van der Waals surface area contributed by atoms with Crippen LogP contribution in [0.3, 0.4) is 0 Å². The number of aryl methyl sites for hydroxylation is 1. The fourth-order valence-corrected chi connectivity index (χ4v) is 3.89. The Morgan fingerprint density at radius 2 is 1.69 bits per heavy atom. The smallest absolute Gasteiger partial charge is 0.145 e. The minimum Gasteiger partial charge on any atom is -0.494 e. The highest BCUT2D eigenvalue weighted by molar-refractivity contribution is 6.32. The quantitative estimate of drug-likeness (QED) is 0.362. The Bertz CT molecular complexity index is 1360. The van der Waals surface area contributed by atoms with Crippen LogP contribution >= 0.6 is 11.6 Å². The molecule has 0 radical (unpaired) electrons. The first kappa shape index (κ1) is 17.7. The van der Waals surface area contributed by atoms with Gasteiger partial charge < -0.3 is 4.74 Å². The molecule has 0 amide bonds. The van der Waals surface area contributed by atoms with Crippen molar-refractivity contribution in [3.05, 3.63) is 83.5 Å². The summed E-state index contributed by atoms with van der Waals surface area (Å²) >= 11 is 6.54. The number of para-hydroxylation sites is 2. The van der Waals surface area contributed by atoms with Gasteiger partial charge in [0, 0.05) is 22.5 Å². The number of halogens is 1. The zero-order valence-corrected chi connectivity index (χ0v) is 16.8. The van der Waals surface area contributed by atoms with Crippen molar-refractivity contribution < 1.29 is 4.74 Å². The first-order valence-corrected chi connectivity index (χ1v) is 9.71. The minimum absolute atomic E-state index is 0.639. The first-order valence-electron chi connectivity index (χ1n) is 9.34.